The van der Waals surface area contributed by atoms with E-state index in [9.17, 15) is 0 Å². The highest BCUT2D eigenvalue weighted by atomic mass is 32.1. The Labute approximate surface area is 134 Å². The first-order valence-corrected chi connectivity index (χ1v) is 7.73. The molecule has 116 valence electrons. The number of rotatable bonds is 4. The summed E-state index contributed by atoms with van der Waals surface area (Å²) in [5.74, 6) is 1.01. The molecule has 0 unspecified atom stereocenters. The molecule has 0 saturated carbocycles. The quantitative estimate of drug-likeness (QED) is 0.568. The number of thiazole rings is 1. The Morgan fingerprint density at radius 3 is 2.91 bits per heavy atom. The van der Waals surface area contributed by atoms with Gasteiger partial charge in [-0.25, -0.2) is 4.98 Å². The Balaban J connectivity index is 1.58. The van der Waals surface area contributed by atoms with Crippen LogP contribution in [-0.4, -0.2) is 30.3 Å². The highest BCUT2D eigenvalue weighted by Crippen LogP contribution is 2.28. The molecule has 1 aromatic carbocycles. The summed E-state index contributed by atoms with van der Waals surface area (Å²) in [5, 5.41) is 16.1. The van der Waals surface area contributed by atoms with Gasteiger partial charge >= 0.3 is 0 Å². The fourth-order valence-electron chi connectivity index (χ4n) is 2.09. The summed E-state index contributed by atoms with van der Waals surface area (Å²) in [6.07, 6.45) is 0. The van der Waals surface area contributed by atoms with Crippen LogP contribution >= 0.6 is 11.3 Å². The van der Waals surface area contributed by atoms with Gasteiger partial charge in [0, 0.05) is 5.56 Å². The smallest absolute Gasteiger partial charge is 0.274 e. The van der Waals surface area contributed by atoms with Gasteiger partial charge in [0.2, 0.25) is 0 Å². The van der Waals surface area contributed by atoms with E-state index in [1.165, 1.54) is 16.0 Å². The van der Waals surface area contributed by atoms with Crippen LogP contribution in [0.15, 0.2) is 28.8 Å². The Bertz CT molecular complexity index is 940. The van der Waals surface area contributed by atoms with Crippen molar-refractivity contribution in [3.63, 3.8) is 0 Å². The number of para-hydroxylation sites is 1. The molecule has 0 bridgehead atoms. The summed E-state index contributed by atoms with van der Waals surface area (Å²) in [7, 11) is 0. The van der Waals surface area contributed by atoms with Crippen LogP contribution in [0.25, 0.3) is 16.1 Å². The zero-order chi connectivity index (χ0) is 15.8. The zero-order valence-electron chi connectivity index (χ0n) is 12.4. The maximum atomic E-state index is 5.73. The molecule has 9 heteroatoms. The SMILES string of the molecule is Cc1noc(-n2nnnc2COc2nc3ccccc3s2)c1C. The van der Waals surface area contributed by atoms with Crippen LogP contribution in [0.2, 0.25) is 0 Å². The summed E-state index contributed by atoms with van der Waals surface area (Å²) >= 11 is 1.48. The molecule has 0 aliphatic rings. The maximum absolute atomic E-state index is 5.73. The van der Waals surface area contributed by atoms with Crippen molar-refractivity contribution in [1.29, 1.82) is 0 Å². The molecule has 0 N–H and O–H groups in total. The topological polar surface area (TPSA) is 91.8 Å². The van der Waals surface area contributed by atoms with Crippen molar-refractivity contribution in [3.05, 3.63) is 41.3 Å². The Kier molecular flexibility index (Phi) is 3.27. The van der Waals surface area contributed by atoms with Crippen molar-refractivity contribution >= 4 is 21.6 Å². The number of aryl methyl sites for hydroxylation is 1. The maximum Gasteiger partial charge on any atom is 0.274 e. The molecule has 0 atom stereocenters. The molecule has 0 aliphatic heterocycles. The van der Waals surface area contributed by atoms with Gasteiger partial charge in [-0.1, -0.05) is 28.6 Å². The third-order valence-electron chi connectivity index (χ3n) is 3.46. The molecule has 0 amide bonds. The van der Waals surface area contributed by atoms with E-state index in [1.807, 2.05) is 38.1 Å². The average molecular weight is 328 g/mol. The molecule has 4 rings (SSSR count). The van der Waals surface area contributed by atoms with Crippen LogP contribution in [-0.2, 0) is 6.61 Å². The molecule has 0 aliphatic carbocycles. The highest BCUT2D eigenvalue weighted by Gasteiger charge is 2.17. The number of hydrogen-bond acceptors (Lipinski definition) is 8. The third kappa shape index (κ3) is 2.44. The summed E-state index contributed by atoms with van der Waals surface area (Å²) in [6, 6.07) is 7.87. The van der Waals surface area contributed by atoms with E-state index in [0.717, 1.165) is 21.5 Å². The Hall–Kier alpha value is -2.81. The Morgan fingerprint density at radius 2 is 2.13 bits per heavy atom. The lowest BCUT2D eigenvalue weighted by Gasteiger charge is -2.02. The zero-order valence-corrected chi connectivity index (χ0v) is 13.2. The number of aromatic nitrogens is 6. The minimum Gasteiger partial charge on any atom is -0.462 e. The third-order valence-corrected chi connectivity index (χ3v) is 4.41. The first-order chi connectivity index (χ1) is 11.2. The molecule has 0 fully saturated rings. The number of tetrazole rings is 1. The molecular weight excluding hydrogens is 316 g/mol. The highest BCUT2D eigenvalue weighted by molar-refractivity contribution is 7.20. The van der Waals surface area contributed by atoms with E-state index in [2.05, 4.69) is 25.7 Å². The van der Waals surface area contributed by atoms with Gasteiger partial charge in [-0.05, 0) is 36.4 Å². The molecule has 3 aromatic heterocycles. The van der Waals surface area contributed by atoms with Crippen molar-refractivity contribution in [2.24, 2.45) is 0 Å². The van der Waals surface area contributed by atoms with Crippen LogP contribution in [0.1, 0.15) is 17.1 Å². The van der Waals surface area contributed by atoms with Crippen LogP contribution < -0.4 is 4.74 Å². The second-order valence-corrected chi connectivity index (χ2v) is 5.93. The van der Waals surface area contributed by atoms with E-state index in [1.54, 1.807) is 0 Å². The predicted octanol–water partition coefficient (Wildman–Crippen LogP) is 2.46. The van der Waals surface area contributed by atoms with Gasteiger partial charge in [0.15, 0.2) is 12.4 Å². The van der Waals surface area contributed by atoms with Crippen molar-refractivity contribution in [1.82, 2.24) is 30.3 Å². The number of hydrogen-bond donors (Lipinski definition) is 0. The summed E-state index contributed by atoms with van der Waals surface area (Å²) in [6.45, 7) is 3.96. The molecule has 8 nitrogen and oxygen atoms in total. The van der Waals surface area contributed by atoms with Crippen LogP contribution in [0.3, 0.4) is 0 Å². The van der Waals surface area contributed by atoms with Gasteiger partial charge in [-0.3, -0.25) is 0 Å². The standard InChI is InChI=1S/C14H12N6O2S/c1-8-9(2)17-22-13(8)20-12(16-18-19-20)7-21-14-15-10-5-3-4-6-11(10)23-14/h3-6H,7H2,1-2H3. The van der Waals surface area contributed by atoms with Crippen LogP contribution in [0.4, 0.5) is 0 Å². The molecular formula is C14H12N6O2S. The molecule has 0 radical (unpaired) electrons. The number of fused-ring (bicyclic) bond motifs is 1. The van der Waals surface area contributed by atoms with Crippen molar-refractivity contribution in [3.8, 4) is 11.1 Å². The van der Waals surface area contributed by atoms with E-state index in [4.69, 9.17) is 9.26 Å². The van der Waals surface area contributed by atoms with Gasteiger partial charge in [-0.2, -0.15) is 4.68 Å². The molecule has 23 heavy (non-hydrogen) atoms. The fraction of sp³-hybridized carbons (Fsp3) is 0.214. The molecule has 3 heterocycles. The van der Waals surface area contributed by atoms with Gasteiger partial charge in [-0.15, -0.1) is 5.10 Å². The Morgan fingerprint density at radius 1 is 1.26 bits per heavy atom. The lowest BCUT2D eigenvalue weighted by molar-refractivity contribution is 0.287. The van der Waals surface area contributed by atoms with Gasteiger partial charge in [0.25, 0.3) is 11.1 Å². The van der Waals surface area contributed by atoms with Crippen LogP contribution in [0.5, 0.6) is 5.19 Å². The van der Waals surface area contributed by atoms with Gasteiger partial charge < -0.3 is 9.26 Å². The minimum absolute atomic E-state index is 0.187. The average Bonchev–Trinajstić information content (AvgIpc) is 3.25. The fourth-order valence-corrected chi connectivity index (χ4v) is 2.91. The summed E-state index contributed by atoms with van der Waals surface area (Å²) < 4.78 is 13.6. The largest absolute Gasteiger partial charge is 0.462 e. The monoisotopic (exact) mass is 328 g/mol. The van der Waals surface area contributed by atoms with Crippen LogP contribution in [0, 0.1) is 13.8 Å². The van der Waals surface area contributed by atoms with Crippen molar-refractivity contribution in [2.75, 3.05) is 0 Å². The summed E-state index contributed by atoms with van der Waals surface area (Å²) in [5.41, 5.74) is 2.60. The normalized spacial score (nSPS) is 11.2. The molecule has 4 aromatic rings. The minimum atomic E-state index is 0.187. The molecule has 0 saturated heterocycles. The molecule has 0 spiro atoms. The van der Waals surface area contributed by atoms with E-state index in [0.29, 0.717) is 16.9 Å². The van der Waals surface area contributed by atoms with E-state index < -0.39 is 0 Å². The first kappa shape index (κ1) is 13.8. The summed E-state index contributed by atoms with van der Waals surface area (Å²) in [4.78, 5) is 4.42. The first-order valence-electron chi connectivity index (χ1n) is 6.91. The van der Waals surface area contributed by atoms with Crippen molar-refractivity contribution < 1.29 is 9.26 Å². The van der Waals surface area contributed by atoms with Crippen molar-refractivity contribution in [2.45, 2.75) is 20.5 Å². The second kappa shape index (κ2) is 5.43. The number of nitrogens with zero attached hydrogens (tertiary/aromatic N) is 6. The predicted molar refractivity (Wildman–Crippen MR) is 82.6 cm³/mol. The van der Waals surface area contributed by atoms with E-state index >= 15 is 0 Å². The van der Waals surface area contributed by atoms with Gasteiger partial charge in [0.1, 0.15) is 0 Å². The number of benzene rings is 1. The second-order valence-electron chi connectivity index (χ2n) is 4.94. The van der Waals surface area contributed by atoms with E-state index in [-0.39, 0.29) is 6.61 Å². The lowest BCUT2D eigenvalue weighted by Crippen LogP contribution is -2.07. The van der Waals surface area contributed by atoms with Gasteiger partial charge in [0.05, 0.1) is 15.9 Å². The lowest BCUT2D eigenvalue weighted by atomic mass is 10.3. The number of ether oxygens (including phenoxy) is 1.